The summed E-state index contributed by atoms with van der Waals surface area (Å²) in [6, 6.07) is 26.2. The number of hydrogen-bond donors (Lipinski definition) is 2. The van der Waals surface area contributed by atoms with Crippen LogP contribution in [0.5, 0.6) is 5.75 Å². The monoisotopic (exact) mass is 986 g/mol. The lowest BCUT2D eigenvalue weighted by Gasteiger charge is -2.40. The number of rotatable bonds is 15. The van der Waals surface area contributed by atoms with Crippen molar-refractivity contribution in [1.82, 2.24) is 0 Å². The SMILES string of the molecule is C.C.CC(C)C(CO)c1cccc(OS(F)(F)(F)(F)F)c1.CC(C)C(COS(F)(F)(F)(F)F)c1ccc(F)cc1.Cc1ccc(C(C)C(C)C)cc1.Cc1ccc(C(CO)C(C)C)cc1. The Morgan fingerprint density at radius 2 is 0.831 bits per heavy atom. The first-order chi connectivity index (χ1) is 28.3. The fourth-order valence-electron chi connectivity index (χ4n) is 6.04. The smallest absolute Gasteiger partial charge is 0.396 e. The third-order valence-electron chi connectivity index (χ3n) is 10.2. The fraction of sp³-hybridized carbons (Fsp3) is 0.500. The van der Waals surface area contributed by atoms with Crippen LogP contribution in [-0.4, -0.2) is 30.0 Å². The molecule has 378 valence electrons. The van der Waals surface area contributed by atoms with Gasteiger partial charge in [0.15, 0.2) is 0 Å². The molecule has 0 radical (unpaired) electrons. The van der Waals surface area contributed by atoms with E-state index in [0.29, 0.717) is 23.0 Å². The molecule has 0 spiro atoms. The van der Waals surface area contributed by atoms with Crippen molar-refractivity contribution in [2.75, 3.05) is 19.8 Å². The summed E-state index contributed by atoms with van der Waals surface area (Å²) >= 11 is 0. The highest BCUT2D eigenvalue weighted by Gasteiger charge is 2.67. The Morgan fingerprint density at radius 1 is 0.462 bits per heavy atom. The molecule has 4 aromatic carbocycles. The van der Waals surface area contributed by atoms with E-state index in [9.17, 15) is 53.5 Å². The summed E-state index contributed by atoms with van der Waals surface area (Å²) in [4.78, 5) is 0. The largest absolute Gasteiger partial charge is 0.435 e. The second-order valence-electron chi connectivity index (χ2n) is 17.1. The number of hydrogen-bond acceptors (Lipinski definition) is 4. The van der Waals surface area contributed by atoms with Crippen molar-refractivity contribution < 1.29 is 61.8 Å². The van der Waals surface area contributed by atoms with Crippen LogP contribution in [-0.2, 0) is 4.18 Å². The van der Waals surface area contributed by atoms with E-state index >= 15 is 0 Å². The van der Waals surface area contributed by atoms with Gasteiger partial charge in [0.25, 0.3) is 0 Å². The standard InChI is InChI=1S/C12H18O.C12H18.C11H14F6OS.C11H15F5O2S.2CH4/c1-9(2)12(8-13)11-6-4-10(3)5-7-11;1-9(2)11(4)12-7-5-10(3)6-8-12;1-8(2)11(7-18-19(13,14,15,16)17)9-3-5-10(12)6-4-9;1-8(2)11(7-17)9-4-3-5-10(6-9)18-19(12,13,14,15)16;;/h4-7,9,12-13H,8H2,1-3H3;5-9,11H,1-4H3;3-6,8,11H,7H2,1-2H3;3-6,8,11,17H,7H2,1-2H3;2*1H4. The first kappa shape index (κ1) is 63.6. The summed E-state index contributed by atoms with van der Waals surface area (Å²) < 4.78 is 140. The minimum Gasteiger partial charge on any atom is -0.396 e. The van der Waals surface area contributed by atoms with Gasteiger partial charge in [0.2, 0.25) is 0 Å². The average Bonchev–Trinajstić information content (AvgIpc) is 3.12. The molecular formula is C48H73F11O4S2. The lowest BCUT2D eigenvalue weighted by Crippen LogP contribution is -2.19. The molecule has 0 aliphatic heterocycles. The number of halogens is 11. The number of benzene rings is 4. The van der Waals surface area contributed by atoms with Gasteiger partial charge in [-0.1, -0.05) is 200 Å². The average molecular weight is 987 g/mol. The van der Waals surface area contributed by atoms with E-state index in [1.54, 1.807) is 27.7 Å². The summed E-state index contributed by atoms with van der Waals surface area (Å²) in [7, 11) is -19.8. The molecule has 4 rings (SSSR count). The van der Waals surface area contributed by atoms with E-state index in [0.717, 1.165) is 30.2 Å². The van der Waals surface area contributed by atoms with Gasteiger partial charge in [-0.05, 0) is 90.0 Å². The Balaban J connectivity index is 0. The van der Waals surface area contributed by atoms with Crippen LogP contribution in [0.4, 0.5) is 43.2 Å². The Hall–Kier alpha value is -3.51. The van der Waals surface area contributed by atoms with Crippen LogP contribution in [0.15, 0.2) is 97.1 Å². The zero-order chi connectivity index (χ0) is 48.9. The minimum atomic E-state index is -9.96. The quantitative estimate of drug-likeness (QED) is 0.117. The summed E-state index contributed by atoms with van der Waals surface area (Å²) in [5, 5.41) is 18.4. The molecule has 4 atom stereocenters. The van der Waals surface area contributed by atoms with Crippen molar-refractivity contribution >= 4 is 21.0 Å². The third-order valence-corrected chi connectivity index (χ3v) is 11.3. The van der Waals surface area contributed by atoms with E-state index in [2.05, 4.69) is 105 Å². The van der Waals surface area contributed by atoms with E-state index in [4.69, 9.17) is 0 Å². The predicted molar refractivity (Wildman–Crippen MR) is 252 cm³/mol. The molecule has 4 unspecified atom stereocenters. The zero-order valence-corrected chi connectivity index (χ0v) is 39.3. The molecule has 2 N–H and O–H groups in total. The van der Waals surface area contributed by atoms with Gasteiger partial charge < -0.3 is 14.4 Å². The summed E-state index contributed by atoms with van der Waals surface area (Å²) in [5.41, 5.74) is 5.94. The lowest BCUT2D eigenvalue weighted by molar-refractivity contribution is 0.136. The van der Waals surface area contributed by atoms with Crippen LogP contribution < -0.4 is 4.18 Å². The summed E-state index contributed by atoms with van der Waals surface area (Å²) in [5.74, 6) is -1.13. The Bertz CT molecular complexity index is 1960. The molecule has 65 heavy (non-hydrogen) atoms. The normalized spacial score (nSPS) is 15.6. The summed E-state index contributed by atoms with van der Waals surface area (Å²) in [6.07, 6.45) is 0. The fourth-order valence-corrected chi connectivity index (χ4v) is 6.91. The van der Waals surface area contributed by atoms with Crippen LogP contribution in [0.25, 0.3) is 0 Å². The van der Waals surface area contributed by atoms with Crippen molar-refractivity contribution in [3.8, 4) is 5.75 Å². The van der Waals surface area contributed by atoms with Crippen LogP contribution in [0.1, 0.15) is 134 Å². The highest BCUT2D eigenvalue weighted by atomic mass is 32.5. The molecule has 0 heterocycles. The van der Waals surface area contributed by atoms with Crippen LogP contribution in [0.2, 0.25) is 0 Å². The van der Waals surface area contributed by atoms with Crippen molar-refractivity contribution in [3.05, 3.63) is 136 Å². The van der Waals surface area contributed by atoms with Crippen molar-refractivity contribution in [2.45, 2.75) is 115 Å². The topological polar surface area (TPSA) is 58.9 Å². The van der Waals surface area contributed by atoms with Gasteiger partial charge in [-0.3, -0.25) is 0 Å². The molecule has 4 aromatic rings. The molecule has 17 heteroatoms. The maximum atomic E-state index is 12.7. The number of aliphatic hydroxyl groups is 2. The second-order valence-corrected chi connectivity index (χ2v) is 21.1. The lowest BCUT2D eigenvalue weighted by atomic mass is 9.89. The van der Waals surface area contributed by atoms with Gasteiger partial charge >= 0.3 is 21.0 Å². The predicted octanol–water partition coefficient (Wildman–Crippen LogP) is 18.6. The van der Waals surface area contributed by atoms with Gasteiger partial charge in [-0.15, -0.1) is 0 Å². The first-order valence-electron chi connectivity index (χ1n) is 20.4. The van der Waals surface area contributed by atoms with E-state index in [-0.39, 0.29) is 45.8 Å². The van der Waals surface area contributed by atoms with Gasteiger partial charge in [0, 0.05) is 17.8 Å². The third kappa shape index (κ3) is 27.0. The Kier molecular flexibility index (Phi) is 23.0. The maximum absolute atomic E-state index is 12.7. The molecule has 0 amide bonds. The van der Waals surface area contributed by atoms with Gasteiger partial charge in [0.05, 0.1) is 19.8 Å². The van der Waals surface area contributed by atoms with Gasteiger partial charge in [-0.25, -0.2) is 8.57 Å². The highest BCUT2D eigenvalue weighted by Crippen LogP contribution is 2.98. The van der Waals surface area contributed by atoms with E-state index in [1.807, 2.05) is 0 Å². The van der Waals surface area contributed by atoms with Crippen molar-refractivity contribution in [1.29, 1.82) is 0 Å². The minimum absolute atomic E-state index is 0. The van der Waals surface area contributed by atoms with Crippen LogP contribution in [0.3, 0.4) is 0 Å². The van der Waals surface area contributed by atoms with Gasteiger partial charge in [0.1, 0.15) is 11.6 Å². The Labute approximate surface area is 381 Å². The molecule has 0 saturated heterocycles. The molecule has 0 bridgehead atoms. The zero-order valence-electron chi connectivity index (χ0n) is 37.7. The number of aryl methyl sites for hydroxylation is 2. The molecule has 4 nitrogen and oxygen atoms in total. The van der Waals surface area contributed by atoms with Crippen LogP contribution >= 0.6 is 21.0 Å². The van der Waals surface area contributed by atoms with E-state index in [1.165, 1.54) is 46.5 Å². The molecule has 0 aromatic heterocycles. The van der Waals surface area contributed by atoms with Crippen molar-refractivity contribution in [3.63, 3.8) is 0 Å². The molecular weight excluding hydrogens is 914 g/mol. The first-order valence-corrected chi connectivity index (χ1v) is 24.1. The van der Waals surface area contributed by atoms with Gasteiger partial charge in [-0.2, -0.15) is 0 Å². The highest BCUT2D eigenvalue weighted by molar-refractivity contribution is 8.42. The van der Waals surface area contributed by atoms with E-state index < -0.39 is 51.0 Å². The molecule has 0 saturated carbocycles. The van der Waals surface area contributed by atoms with Crippen molar-refractivity contribution in [2.24, 2.45) is 23.7 Å². The Morgan fingerprint density at radius 3 is 1.18 bits per heavy atom. The van der Waals surface area contributed by atoms with Crippen LogP contribution in [0, 0.1) is 43.3 Å². The number of aliphatic hydroxyl groups excluding tert-OH is 2. The maximum Gasteiger partial charge on any atom is 0.435 e. The summed E-state index contributed by atoms with van der Waals surface area (Å²) in [6.45, 7) is 20.7. The molecule has 0 aliphatic rings. The molecule has 0 aliphatic carbocycles. The molecule has 0 fully saturated rings. The second kappa shape index (κ2) is 23.5.